The van der Waals surface area contributed by atoms with Crippen molar-refractivity contribution in [2.24, 2.45) is 5.92 Å². The van der Waals surface area contributed by atoms with Crippen LogP contribution in [0.3, 0.4) is 0 Å². The minimum absolute atomic E-state index is 0.558. The number of hydrogen-bond acceptors (Lipinski definition) is 4. The monoisotopic (exact) mass is 354 g/mol. The molecule has 0 spiro atoms. The van der Waals surface area contributed by atoms with Crippen LogP contribution < -0.4 is 5.32 Å². The van der Waals surface area contributed by atoms with Gasteiger partial charge < -0.3 is 9.88 Å². The molecule has 0 unspecified atom stereocenters. The molecule has 2 heterocycles. The van der Waals surface area contributed by atoms with Gasteiger partial charge in [-0.25, -0.2) is 9.97 Å². The molecule has 3 aromatic rings. The summed E-state index contributed by atoms with van der Waals surface area (Å²) < 4.78 is 2.34. The molecule has 1 N–H and O–H groups in total. The number of anilines is 1. The molecule has 1 aromatic carbocycles. The standard InChI is InChI=1S/C20H26N4S/c1-13(2)11-24-17-9-8-14(3)10-16(17)23-19(24)18-20(25-12-21-18)22-15-6-4-5-7-15/h8-10,12-13,15,22H,4-7,11H2,1-3H3. The number of hydrogen-bond donors (Lipinski definition) is 1. The maximum atomic E-state index is 4.97. The average molecular weight is 355 g/mol. The number of thiazole rings is 1. The van der Waals surface area contributed by atoms with E-state index >= 15 is 0 Å². The fraction of sp³-hybridized carbons (Fsp3) is 0.500. The van der Waals surface area contributed by atoms with Gasteiger partial charge >= 0.3 is 0 Å². The van der Waals surface area contributed by atoms with E-state index in [-0.39, 0.29) is 0 Å². The van der Waals surface area contributed by atoms with E-state index in [0.29, 0.717) is 12.0 Å². The Hall–Kier alpha value is -1.88. The highest BCUT2D eigenvalue weighted by Gasteiger charge is 2.22. The lowest BCUT2D eigenvalue weighted by Crippen LogP contribution is -2.14. The number of aromatic nitrogens is 3. The molecular weight excluding hydrogens is 328 g/mol. The summed E-state index contributed by atoms with van der Waals surface area (Å²) >= 11 is 1.70. The number of imidazole rings is 1. The molecule has 25 heavy (non-hydrogen) atoms. The molecular formula is C20H26N4S. The van der Waals surface area contributed by atoms with Crippen LogP contribution in [0.2, 0.25) is 0 Å². The number of nitrogens with one attached hydrogen (secondary N) is 1. The summed E-state index contributed by atoms with van der Waals surface area (Å²) in [5.41, 5.74) is 6.46. The van der Waals surface area contributed by atoms with Crippen molar-refractivity contribution in [2.45, 2.75) is 59.0 Å². The van der Waals surface area contributed by atoms with Crippen LogP contribution >= 0.6 is 11.3 Å². The molecule has 5 heteroatoms. The number of aryl methyl sites for hydroxylation is 1. The van der Waals surface area contributed by atoms with E-state index in [9.17, 15) is 0 Å². The van der Waals surface area contributed by atoms with E-state index < -0.39 is 0 Å². The second-order valence-electron chi connectivity index (χ2n) is 7.59. The topological polar surface area (TPSA) is 42.7 Å². The van der Waals surface area contributed by atoms with E-state index in [4.69, 9.17) is 4.98 Å². The Morgan fingerprint density at radius 1 is 1.28 bits per heavy atom. The lowest BCUT2D eigenvalue weighted by atomic mass is 10.2. The molecule has 0 amide bonds. The van der Waals surface area contributed by atoms with Crippen LogP contribution in [-0.2, 0) is 6.54 Å². The van der Waals surface area contributed by atoms with Crippen LogP contribution in [0.15, 0.2) is 23.7 Å². The molecule has 132 valence electrons. The summed E-state index contributed by atoms with van der Waals surface area (Å²) in [5, 5.41) is 4.90. The first-order chi connectivity index (χ1) is 12.1. The lowest BCUT2D eigenvalue weighted by molar-refractivity contribution is 0.536. The van der Waals surface area contributed by atoms with Gasteiger partial charge in [0.25, 0.3) is 0 Å². The molecule has 0 aliphatic heterocycles. The Bertz CT molecular complexity index is 871. The van der Waals surface area contributed by atoms with Crippen LogP contribution in [0.25, 0.3) is 22.6 Å². The van der Waals surface area contributed by atoms with E-state index in [2.05, 4.69) is 53.8 Å². The molecule has 0 saturated heterocycles. The van der Waals surface area contributed by atoms with Gasteiger partial charge in [0.1, 0.15) is 10.7 Å². The molecule has 1 aliphatic rings. The fourth-order valence-corrected chi connectivity index (χ4v) is 4.49. The third-order valence-electron chi connectivity index (χ3n) is 4.92. The minimum Gasteiger partial charge on any atom is -0.372 e. The molecule has 2 aromatic heterocycles. The predicted octanol–water partition coefficient (Wildman–Crippen LogP) is 5.48. The smallest absolute Gasteiger partial charge is 0.162 e. The SMILES string of the molecule is Cc1ccc2c(c1)nc(-c1ncsc1NC1CCCC1)n2CC(C)C. The van der Waals surface area contributed by atoms with Crippen molar-refractivity contribution in [3.8, 4) is 11.5 Å². The van der Waals surface area contributed by atoms with Crippen LogP contribution in [0, 0.1) is 12.8 Å². The van der Waals surface area contributed by atoms with Gasteiger partial charge in [-0.2, -0.15) is 0 Å². The molecule has 1 aliphatic carbocycles. The Morgan fingerprint density at radius 3 is 2.84 bits per heavy atom. The zero-order valence-corrected chi connectivity index (χ0v) is 16.1. The highest BCUT2D eigenvalue weighted by Crippen LogP contribution is 2.35. The number of fused-ring (bicyclic) bond motifs is 1. The Kier molecular flexibility index (Phi) is 4.50. The first-order valence-electron chi connectivity index (χ1n) is 9.29. The maximum absolute atomic E-state index is 4.97. The minimum atomic E-state index is 0.558. The molecule has 1 fully saturated rings. The quantitative estimate of drug-likeness (QED) is 0.660. The van der Waals surface area contributed by atoms with Gasteiger partial charge in [-0.05, 0) is 43.4 Å². The first-order valence-corrected chi connectivity index (χ1v) is 10.2. The Balaban J connectivity index is 1.79. The normalized spacial score (nSPS) is 15.5. The second-order valence-corrected chi connectivity index (χ2v) is 8.44. The van der Waals surface area contributed by atoms with Crippen molar-refractivity contribution in [2.75, 3.05) is 5.32 Å². The Morgan fingerprint density at radius 2 is 2.08 bits per heavy atom. The van der Waals surface area contributed by atoms with Crippen LogP contribution in [0.4, 0.5) is 5.00 Å². The summed E-state index contributed by atoms with van der Waals surface area (Å²) in [6.45, 7) is 7.58. The first kappa shape index (κ1) is 16.6. The molecule has 0 radical (unpaired) electrons. The van der Waals surface area contributed by atoms with Gasteiger partial charge in [0.2, 0.25) is 0 Å². The largest absolute Gasteiger partial charge is 0.372 e. The van der Waals surface area contributed by atoms with Crippen molar-refractivity contribution in [1.29, 1.82) is 0 Å². The van der Waals surface area contributed by atoms with E-state index in [1.807, 2.05) is 5.51 Å². The summed E-state index contributed by atoms with van der Waals surface area (Å²) in [4.78, 5) is 9.66. The van der Waals surface area contributed by atoms with Crippen LogP contribution in [0.5, 0.6) is 0 Å². The maximum Gasteiger partial charge on any atom is 0.162 e. The van der Waals surface area contributed by atoms with E-state index in [1.54, 1.807) is 11.3 Å². The summed E-state index contributed by atoms with van der Waals surface area (Å²) in [6, 6.07) is 7.12. The number of benzene rings is 1. The summed E-state index contributed by atoms with van der Waals surface area (Å²) in [5.74, 6) is 1.55. The van der Waals surface area contributed by atoms with Crippen LogP contribution in [0.1, 0.15) is 45.1 Å². The third kappa shape index (κ3) is 3.30. The fourth-order valence-electron chi connectivity index (χ4n) is 3.73. The molecule has 4 nitrogen and oxygen atoms in total. The third-order valence-corrected chi connectivity index (χ3v) is 5.68. The van der Waals surface area contributed by atoms with Gasteiger partial charge in [-0.1, -0.05) is 32.8 Å². The molecule has 0 atom stereocenters. The van der Waals surface area contributed by atoms with Gasteiger partial charge in [0.05, 0.1) is 16.5 Å². The van der Waals surface area contributed by atoms with Gasteiger partial charge in [-0.3, -0.25) is 0 Å². The summed E-state index contributed by atoms with van der Waals surface area (Å²) in [7, 11) is 0. The van der Waals surface area contributed by atoms with E-state index in [0.717, 1.165) is 23.6 Å². The van der Waals surface area contributed by atoms with Crippen molar-refractivity contribution < 1.29 is 0 Å². The predicted molar refractivity (Wildman–Crippen MR) is 106 cm³/mol. The average Bonchev–Trinajstić information content (AvgIpc) is 3.28. The van der Waals surface area contributed by atoms with E-state index in [1.165, 1.54) is 41.8 Å². The highest BCUT2D eigenvalue weighted by atomic mass is 32.1. The lowest BCUT2D eigenvalue weighted by Gasteiger charge is -2.14. The van der Waals surface area contributed by atoms with Crippen LogP contribution in [-0.4, -0.2) is 20.6 Å². The molecule has 1 saturated carbocycles. The van der Waals surface area contributed by atoms with Crippen molar-refractivity contribution >= 4 is 27.4 Å². The highest BCUT2D eigenvalue weighted by molar-refractivity contribution is 7.14. The van der Waals surface area contributed by atoms with Crippen molar-refractivity contribution in [1.82, 2.24) is 14.5 Å². The number of nitrogens with zero attached hydrogens (tertiary/aromatic N) is 3. The molecule has 4 rings (SSSR count). The summed E-state index contributed by atoms with van der Waals surface area (Å²) in [6.07, 6.45) is 5.19. The zero-order valence-electron chi connectivity index (χ0n) is 15.2. The van der Waals surface area contributed by atoms with Gasteiger partial charge in [0.15, 0.2) is 5.82 Å². The Labute approximate surface area is 153 Å². The van der Waals surface area contributed by atoms with Crippen molar-refractivity contribution in [3.63, 3.8) is 0 Å². The van der Waals surface area contributed by atoms with Gasteiger partial charge in [-0.15, -0.1) is 11.3 Å². The van der Waals surface area contributed by atoms with Gasteiger partial charge in [0, 0.05) is 12.6 Å². The van der Waals surface area contributed by atoms with Crippen molar-refractivity contribution in [3.05, 3.63) is 29.3 Å². The molecule has 0 bridgehead atoms. The second kappa shape index (κ2) is 6.79. The number of rotatable bonds is 5. The zero-order chi connectivity index (χ0) is 17.4.